The summed E-state index contributed by atoms with van der Waals surface area (Å²) in [5.41, 5.74) is 1.08. The Bertz CT molecular complexity index is 728. The van der Waals surface area contributed by atoms with Crippen molar-refractivity contribution in [3.63, 3.8) is 0 Å². The van der Waals surface area contributed by atoms with Crippen molar-refractivity contribution >= 4 is 5.91 Å². The van der Waals surface area contributed by atoms with E-state index in [1.807, 2.05) is 13.8 Å². The zero-order valence-electron chi connectivity index (χ0n) is 15.0. The maximum atomic E-state index is 12.9. The largest absolute Gasteiger partial charge is 0.489 e. The Kier molecular flexibility index (Phi) is 6.49. The average molecular weight is 364 g/mol. The standard InChI is InChI=1S/C19H22F2N2O3/c1-13(2)10-23-18(24)17-8-7-14(11-22-17)12-25-15-5-4-6-16(9-15)26-19(3,20)21/h4-9,11,13H,10,12H2,1-3H3,(H,23,24). The fourth-order valence-corrected chi connectivity index (χ4v) is 2.03. The lowest BCUT2D eigenvalue weighted by Gasteiger charge is -2.14. The lowest BCUT2D eigenvalue weighted by molar-refractivity contribution is -0.159. The van der Waals surface area contributed by atoms with Crippen molar-refractivity contribution in [1.29, 1.82) is 0 Å². The Labute approximate surface area is 151 Å². The van der Waals surface area contributed by atoms with Crippen molar-refractivity contribution in [1.82, 2.24) is 10.3 Å². The van der Waals surface area contributed by atoms with Crippen LogP contribution in [0.25, 0.3) is 0 Å². The molecule has 0 spiro atoms. The first-order chi connectivity index (χ1) is 12.2. The van der Waals surface area contributed by atoms with Crippen LogP contribution in [0.15, 0.2) is 42.6 Å². The molecule has 0 aliphatic carbocycles. The molecule has 0 radical (unpaired) electrons. The molecule has 0 aliphatic heterocycles. The zero-order valence-corrected chi connectivity index (χ0v) is 15.0. The van der Waals surface area contributed by atoms with Gasteiger partial charge in [0.15, 0.2) is 0 Å². The third-order valence-electron chi connectivity index (χ3n) is 3.24. The maximum absolute atomic E-state index is 12.9. The van der Waals surface area contributed by atoms with E-state index in [0.29, 0.717) is 30.8 Å². The molecule has 0 saturated carbocycles. The number of hydrogen-bond acceptors (Lipinski definition) is 4. The summed E-state index contributed by atoms with van der Waals surface area (Å²) in [5.74, 6) is 0.548. The number of nitrogens with zero attached hydrogens (tertiary/aromatic N) is 1. The zero-order chi connectivity index (χ0) is 19.2. The quantitative estimate of drug-likeness (QED) is 0.768. The van der Waals surface area contributed by atoms with E-state index in [1.165, 1.54) is 12.1 Å². The van der Waals surface area contributed by atoms with Crippen molar-refractivity contribution in [3.05, 3.63) is 53.9 Å². The molecule has 26 heavy (non-hydrogen) atoms. The third-order valence-corrected chi connectivity index (χ3v) is 3.24. The van der Waals surface area contributed by atoms with Gasteiger partial charge in [0.25, 0.3) is 5.91 Å². The van der Waals surface area contributed by atoms with Gasteiger partial charge in [0.2, 0.25) is 0 Å². The van der Waals surface area contributed by atoms with Gasteiger partial charge in [-0.15, -0.1) is 0 Å². The molecule has 1 amide bonds. The van der Waals surface area contributed by atoms with Crippen LogP contribution in [0.2, 0.25) is 0 Å². The molecule has 1 aromatic heterocycles. The molecule has 0 atom stereocenters. The van der Waals surface area contributed by atoms with Crippen LogP contribution in [0.4, 0.5) is 8.78 Å². The highest BCUT2D eigenvalue weighted by molar-refractivity contribution is 5.92. The summed E-state index contributed by atoms with van der Waals surface area (Å²) in [6.07, 6.45) is -1.71. The van der Waals surface area contributed by atoms with Crippen molar-refractivity contribution in [2.45, 2.75) is 33.5 Å². The number of carbonyl (C=O) groups excluding carboxylic acids is 1. The molecule has 1 heterocycles. The van der Waals surface area contributed by atoms with Crippen LogP contribution in [0.3, 0.4) is 0 Å². The van der Waals surface area contributed by atoms with Gasteiger partial charge in [-0.2, -0.15) is 8.78 Å². The van der Waals surface area contributed by atoms with E-state index in [1.54, 1.807) is 30.5 Å². The highest BCUT2D eigenvalue weighted by atomic mass is 19.3. The number of nitrogens with one attached hydrogen (secondary N) is 1. The van der Waals surface area contributed by atoms with E-state index >= 15 is 0 Å². The number of alkyl halides is 2. The second kappa shape index (κ2) is 8.60. The molecule has 1 N–H and O–H groups in total. The monoisotopic (exact) mass is 364 g/mol. The summed E-state index contributed by atoms with van der Waals surface area (Å²) in [4.78, 5) is 16.0. The molecule has 0 unspecified atom stereocenters. The topological polar surface area (TPSA) is 60.5 Å². The maximum Gasteiger partial charge on any atom is 0.394 e. The Morgan fingerprint density at radius 1 is 1.23 bits per heavy atom. The molecule has 5 nitrogen and oxygen atoms in total. The first-order valence-corrected chi connectivity index (χ1v) is 8.26. The molecule has 2 rings (SSSR count). The summed E-state index contributed by atoms with van der Waals surface area (Å²) in [7, 11) is 0. The van der Waals surface area contributed by atoms with Gasteiger partial charge < -0.3 is 14.8 Å². The van der Waals surface area contributed by atoms with Crippen molar-refractivity contribution in [2.24, 2.45) is 5.92 Å². The highest BCUT2D eigenvalue weighted by Gasteiger charge is 2.23. The summed E-state index contributed by atoms with van der Waals surface area (Å²) >= 11 is 0. The molecule has 0 aliphatic rings. The van der Waals surface area contributed by atoms with Crippen molar-refractivity contribution < 1.29 is 23.0 Å². The van der Waals surface area contributed by atoms with Gasteiger partial charge in [-0.3, -0.25) is 9.78 Å². The number of hydrogen-bond donors (Lipinski definition) is 1. The van der Waals surface area contributed by atoms with Gasteiger partial charge in [0.05, 0.1) is 0 Å². The number of rotatable bonds is 8. The van der Waals surface area contributed by atoms with Gasteiger partial charge in [-0.25, -0.2) is 0 Å². The van der Waals surface area contributed by atoms with Gasteiger partial charge in [0.1, 0.15) is 23.8 Å². The van der Waals surface area contributed by atoms with Gasteiger partial charge in [-0.05, 0) is 24.1 Å². The van der Waals surface area contributed by atoms with Gasteiger partial charge >= 0.3 is 6.11 Å². The number of amides is 1. The molecule has 0 fully saturated rings. The SMILES string of the molecule is CC(C)CNC(=O)c1ccc(COc2cccc(OC(C)(F)F)c2)cn1. The summed E-state index contributed by atoms with van der Waals surface area (Å²) < 4.78 is 35.8. The van der Waals surface area contributed by atoms with Gasteiger partial charge in [0, 0.05) is 31.3 Å². The molecule has 0 bridgehead atoms. The van der Waals surface area contributed by atoms with Crippen LogP contribution in [-0.2, 0) is 6.61 Å². The molecule has 7 heteroatoms. The fraction of sp³-hybridized carbons (Fsp3) is 0.368. The first-order valence-electron chi connectivity index (χ1n) is 8.26. The fourth-order valence-electron chi connectivity index (χ4n) is 2.03. The molecule has 0 saturated heterocycles. The lowest BCUT2D eigenvalue weighted by Crippen LogP contribution is -2.28. The second-order valence-electron chi connectivity index (χ2n) is 6.33. The molecular weight excluding hydrogens is 342 g/mol. The molecule has 1 aromatic carbocycles. The van der Waals surface area contributed by atoms with E-state index in [9.17, 15) is 13.6 Å². The second-order valence-corrected chi connectivity index (χ2v) is 6.33. The smallest absolute Gasteiger partial charge is 0.394 e. The van der Waals surface area contributed by atoms with E-state index in [-0.39, 0.29) is 18.3 Å². The number of carbonyl (C=O) groups is 1. The van der Waals surface area contributed by atoms with E-state index in [0.717, 1.165) is 5.56 Å². The lowest BCUT2D eigenvalue weighted by atomic mass is 10.2. The number of pyridine rings is 1. The Morgan fingerprint density at radius 3 is 2.58 bits per heavy atom. The summed E-state index contributed by atoms with van der Waals surface area (Å²) in [6.45, 7) is 5.46. The van der Waals surface area contributed by atoms with Gasteiger partial charge in [-0.1, -0.05) is 26.0 Å². The van der Waals surface area contributed by atoms with Crippen LogP contribution in [-0.4, -0.2) is 23.5 Å². The van der Waals surface area contributed by atoms with Crippen molar-refractivity contribution in [3.8, 4) is 11.5 Å². The molecule has 140 valence electrons. The minimum Gasteiger partial charge on any atom is -0.489 e. The minimum absolute atomic E-state index is 0.0188. The van der Waals surface area contributed by atoms with Crippen LogP contribution < -0.4 is 14.8 Å². The van der Waals surface area contributed by atoms with E-state index in [4.69, 9.17) is 4.74 Å². The average Bonchev–Trinajstić information content (AvgIpc) is 2.57. The van der Waals surface area contributed by atoms with Crippen molar-refractivity contribution in [2.75, 3.05) is 6.54 Å². The van der Waals surface area contributed by atoms with E-state index in [2.05, 4.69) is 15.0 Å². The third kappa shape index (κ3) is 6.66. The number of aromatic nitrogens is 1. The summed E-state index contributed by atoms with van der Waals surface area (Å²) in [5, 5.41) is 2.79. The Hall–Kier alpha value is -2.70. The molecule has 2 aromatic rings. The number of benzene rings is 1. The normalized spacial score (nSPS) is 11.3. The number of ether oxygens (including phenoxy) is 2. The molecular formula is C19H22F2N2O3. The van der Waals surface area contributed by atoms with Crippen LogP contribution >= 0.6 is 0 Å². The minimum atomic E-state index is -3.26. The first kappa shape index (κ1) is 19.6. The summed E-state index contributed by atoms with van der Waals surface area (Å²) in [6, 6.07) is 9.37. The van der Waals surface area contributed by atoms with Crippen LogP contribution in [0.5, 0.6) is 11.5 Å². The Balaban J connectivity index is 1.92. The van der Waals surface area contributed by atoms with E-state index < -0.39 is 6.11 Å². The Morgan fingerprint density at radius 2 is 1.96 bits per heavy atom. The van der Waals surface area contributed by atoms with Crippen LogP contribution in [0, 0.1) is 5.92 Å². The number of halogens is 2. The predicted octanol–water partition coefficient (Wildman–Crippen LogP) is 4.04. The highest BCUT2D eigenvalue weighted by Crippen LogP contribution is 2.25. The van der Waals surface area contributed by atoms with Crippen LogP contribution in [0.1, 0.15) is 36.8 Å². The predicted molar refractivity (Wildman–Crippen MR) is 93.4 cm³/mol.